The Kier molecular flexibility index (Phi) is 2.36. The molecule has 2 fully saturated rings. The monoisotopic (exact) mass is 189 g/mol. The van der Waals surface area contributed by atoms with Gasteiger partial charge in [0.05, 0.1) is 0 Å². The molecule has 2 saturated carbocycles. The second-order valence-corrected chi connectivity index (χ2v) is 4.71. The van der Waals surface area contributed by atoms with Gasteiger partial charge in [0.15, 0.2) is 0 Å². The van der Waals surface area contributed by atoms with Gasteiger partial charge in [0.25, 0.3) is 0 Å². The van der Waals surface area contributed by atoms with E-state index in [1.807, 2.05) is 12.2 Å². The summed E-state index contributed by atoms with van der Waals surface area (Å²) in [5.74, 6) is 0.813. The quantitative estimate of drug-likeness (QED) is 0.679. The van der Waals surface area contributed by atoms with Crippen molar-refractivity contribution in [2.45, 2.75) is 31.7 Å². The van der Waals surface area contributed by atoms with Crippen molar-refractivity contribution >= 4 is 0 Å². The molecule has 0 bridgehead atoms. The fourth-order valence-electron chi connectivity index (χ4n) is 2.83. The van der Waals surface area contributed by atoms with E-state index in [2.05, 4.69) is 19.2 Å². The minimum absolute atomic E-state index is 0.426. The van der Waals surface area contributed by atoms with Gasteiger partial charge >= 0.3 is 0 Å². The largest absolute Gasteiger partial charge is 0.328 e. The predicted molar refractivity (Wildman–Crippen MR) is 60.8 cm³/mol. The van der Waals surface area contributed by atoms with Crippen molar-refractivity contribution in [3.63, 3.8) is 0 Å². The Labute approximate surface area is 86.4 Å². The van der Waals surface area contributed by atoms with Crippen molar-refractivity contribution in [2.24, 2.45) is 17.1 Å². The van der Waals surface area contributed by atoms with Crippen LogP contribution in [0.25, 0.3) is 0 Å². The van der Waals surface area contributed by atoms with Crippen LogP contribution in [0.1, 0.15) is 25.7 Å². The molecule has 2 rings (SSSR count). The number of hydrogen-bond acceptors (Lipinski definition) is 1. The minimum Gasteiger partial charge on any atom is -0.328 e. The summed E-state index contributed by atoms with van der Waals surface area (Å²) < 4.78 is 0. The van der Waals surface area contributed by atoms with E-state index in [9.17, 15) is 0 Å². The summed E-state index contributed by atoms with van der Waals surface area (Å²) in [7, 11) is 0. The molecule has 3 atom stereocenters. The third kappa shape index (κ3) is 1.46. The molecule has 1 heteroatoms. The second kappa shape index (κ2) is 3.39. The first-order valence-corrected chi connectivity index (χ1v) is 5.43. The molecule has 0 amide bonds. The van der Waals surface area contributed by atoms with Crippen LogP contribution < -0.4 is 5.73 Å². The molecule has 0 heterocycles. The molecule has 14 heavy (non-hydrogen) atoms. The van der Waals surface area contributed by atoms with Gasteiger partial charge in [0.1, 0.15) is 0 Å². The van der Waals surface area contributed by atoms with Crippen molar-refractivity contribution in [3.8, 4) is 0 Å². The molecule has 0 aromatic rings. The van der Waals surface area contributed by atoms with Crippen LogP contribution >= 0.6 is 0 Å². The Morgan fingerprint density at radius 3 is 2.93 bits per heavy atom. The molecule has 0 aliphatic heterocycles. The lowest BCUT2D eigenvalue weighted by molar-refractivity contribution is 0.354. The van der Waals surface area contributed by atoms with Gasteiger partial charge in [-0.3, -0.25) is 0 Å². The number of fused-ring (bicyclic) bond motifs is 1. The molecule has 2 aliphatic rings. The first-order valence-electron chi connectivity index (χ1n) is 5.43. The highest BCUT2D eigenvalue weighted by Crippen LogP contribution is 2.65. The topological polar surface area (TPSA) is 26.0 Å². The van der Waals surface area contributed by atoms with Gasteiger partial charge in [-0.05, 0) is 42.6 Å². The Bertz CT molecular complexity index is 290. The first-order chi connectivity index (χ1) is 6.69. The van der Waals surface area contributed by atoms with Crippen LogP contribution in [-0.2, 0) is 0 Å². The number of nitrogens with two attached hydrogens (primary N) is 1. The van der Waals surface area contributed by atoms with Crippen LogP contribution in [0.4, 0.5) is 0 Å². The van der Waals surface area contributed by atoms with Crippen LogP contribution in [-0.4, -0.2) is 6.04 Å². The number of hydrogen-bond donors (Lipinski definition) is 1. The van der Waals surface area contributed by atoms with E-state index in [-0.39, 0.29) is 0 Å². The van der Waals surface area contributed by atoms with Crippen molar-refractivity contribution in [1.82, 2.24) is 0 Å². The molecule has 1 nitrogen and oxygen atoms in total. The minimum atomic E-state index is 0.426. The Morgan fingerprint density at radius 1 is 1.50 bits per heavy atom. The molecular formula is C13H19N. The summed E-state index contributed by atoms with van der Waals surface area (Å²) in [4.78, 5) is 0. The average Bonchev–Trinajstić information content (AvgIpc) is 2.88. The predicted octanol–water partition coefficient (Wildman–Crippen LogP) is 2.80. The van der Waals surface area contributed by atoms with E-state index in [0.717, 1.165) is 12.3 Å². The van der Waals surface area contributed by atoms with Gasteiger partial charge in [-0.25, -0.2) is 0 Å². The van der Waals surface area contributed by atoms with E-state index in [0.29, 0.717) is 11.5 Å². The van der Waals surface area contributed by atoms with Crippen molar-refractivity contribution in [3.05, 3.63) is 37.0 Å². The van der Waals surface area contributed by atoms with E-state index in [4.69, 9.17) is 5.73 Å². The lowest BCUT2D eigenvalue weighted by Crippen LogP contribution is -2.28. The highest BCUT2D eigenvalue weighted by molar-refractivity contribution is 5.34. The summed E-state index contributed by atoms with van der Waals surface area (Å²) in [5.41, 5.74) is 7.66. The van der Waals surface area contributed by atoms with E-state index >= 15 is 0 Å². The zero-order valence-corrected chi connectivity index (χ0v) is 8.71. The van der Waals surface area contributed by atoms with Gasteiger partial charge in [-0.2, -0.15) is 0 Å². The van der Waals surface area contributed by atoms with Crippen LogP contribution in [0.15, 0.2) is 37.0 Å². The highest BCUT2D eigenvalue weighted by Gasteiger charge is 2.56. The molecular weight excluding hydrogens is 170 g/mol. The lowest BCUT2D eigenvalue weighted by atomic mass is 9.81. The zero-order chi connectivity index (χ0) is 10.2. The molecule has 0 aromatic carbocycles. The molecule has 0 spiro atoms. The van der Waals surface area contributed by atoms with E-state index in [1.165, 1.54) is 24.8 Å². The Hall–Kier alpha value is -0.820. The standard InChI is InChI=1S/C13H19N/c1-3-4-5-10(2)13-7-6-12(14)8-11(13)9-13/h3-5,11-12H,1-2,6-9,14H2/b5-4-. The smallest absolute Gasteiger partial charge is 0.00421 e. The van der Waals surface area contributed by atoms with Crippen molar-refractivity contribution < 1.29 is 0 Å². The van der Waals surface area contributed by atoms with Gasteiger partial charge in [-0.15, -0.1) is 0 Å². The molecule has 0 radical (unpaired) electrons. The summed E-state index contributed by atoms with van der Waals surface area (Å²) >= 11 is 0. The van der Waals surface area contributed by atoms with Gasteiger partial charge in [0, 0.05) is 6.04 Å². The first kappa shape index (κ1) is 9.72. The molecule has 2 N–H and O–H groups in total. The molecule has 76 valence electrons. The van der Waals surface area contributed by atoms with Crippen molar-refractivity contribution in [2.75, 3.05) is 0 Å². The van der Waals surface area contributed by atoms with Crippen LogP contribution in [0.2, 0.25) is 0 Å². The molecule has 0 saturated heterocycles. The molecule has 3 unspecified atom stereocenters. The zero-order valence-electron chi connectivity index (χ0n) is 8.71. The van der Waals surface area contributed by atoms with E-state index in [1.54, 1.807) is 0 Å². The fraction of sp³-hybridized carbons (Fsp3) is 0.538. The summed E-state index contributed by atoms with van der Waals surface area (Å²) in [6, 6.07) is 0.437. The van der Waals surface area contributed by atoms with Crippen LogP contribution in [0.3, 0.4) is 0 Å². The maximum Gasteiger partial charge on any atom is 0.00421 e. The average molecular weight is 189 g/mol. The number of allylic oxidation sites excluding steroid dienone is 4. The summed E-state index contributed by atoms with van der Waals surface area (Å²) in [5, 5.41) is 0. The van der Waals surface area contributed by atoms with Gasteiger partial charge < -0.3 is 5.73 Å². The third-order valence-electron chi connectivity index (χ3n) is 3.85. The van der Waals surface area contributed by atoms with Gasteiger partial charge in [0.2, 0.25) is 0 Å². The van der Waals surface area contributed by atoms with Gasteiger partial charge in [-0.1, -0.05) is 31.4 Å². The summed E-state index contributed by atoms with van der Waals surface area (Å²) in [6.45, 7) is 7.86. The van der Waals surface area contributed by atoms with Crippen LogP contribution in [0, 0.1) is 11.3 Å². The molecule has 0 aromatic heterocycles. The normalized spacial score (nSPS) is 40.6. The Balaban J connectivity index is 2.03. The molecule has 2 aliphatic carbocycles. The SMILES string of the molecule is C=C/C=C\C(=C)C12CCC(N)CC1C2. The van der Waals surface area contributed by atoms with Crippen molar-refractivity contribution in [1.29, 1.82) is 0 Å². The lowest BCUT2D eigenvalue weighted by Gasteiger charge is -2.26. The fourth-order valence-corrected chi connectivity index (χ4v) is 2.83. The number of rotatable bonds is 3. The van der Waals surface area contributed by atoms with E-state index < -0.39 is 0 Å². The van der Waals surface area contributed by atoms with Crippen LogP contribution in [0.5, 0.6) is 0 Å². The Morgan fingerprint density at radius 2 is 2.29 bits per heavy atom. The maximum absolute atomic E-state index is 5.95. The summed E-state index contributed by atoms with van der Waals surface area (Å²) in [6.07, 6.45) is 10.8. The second-order valence-electron chi connectivity index (χ2n) is 4.71. The maximum atomic E-state index is 5.95. The highest BCUT2D eigenvalue weighted by atomic mass is 14.7. The third-order valence-corrected chi connectivity index (χ3v) is 3.85.